The Balaban J connectivity index is 2.85. The molecule has 1 atom stereocenters. The van der Waals surface area contributed by atoms with Gasteiger partial charge in [-0.15, -0.1) is 0 Å². The molecule has 0 saturated heterocycles. The number of benzene rings is 1. The van der Waals surface area contributed by atoms with Crippen LogP contribution in [0.4, 0.5) is 4.79 Å². The highest BCUT2D eigenvalue weighted by atomic mass is 16.2. The van der Waals surface area contributed by atoms with Crippen molar-refractivity contribution in [1.82, 2.24) is 5.32 Å². The number of aliphatic hydroxyl groups excluding tert-OH is 1. The largest absolute Gasteiger partial charge is 0.384 e. The van der Waals surface area contributed by atoms with E-state index in [2.05, 4.69) is 17.2 Å². The highest BCUT2D eigenvalue weighted by Crippen LogP contribution is 2.13. The zero-order valence-electron chi connectivity index (χ0n) is 9.03. The standard InChI is InChI=1S/C12H14N2O2/c1-9(14-12(13)16)11-6-2-4-10(8-11)5-3-7-15/h2,4,6,8-9,15H,7H2,1H3,(H3,13,14,16). The van der Waals surface area contributed by atoms with Crippen molar-refractivity contribution in [2.24, 2.45) is 5.73 Å². The summed E-state index contributed by atoms with van der Waals surface area (Å²) < 4.78 is 0. The van der Waals surface area contributed by atoms with Gasteiger partial charge in [-0.2, -0.15) is 0 Å². The lowest BCUT2D eigenvalue weighted by molar-refractivity contribution is 0.246. The van der Waals surface area contributed by atoms with E-state index in [1.165, 1.54) is 0 Å². The summed E-state index contributed by atoms with van der Waals surface area (Å²) in [6.45, 7) is 1.67. The number of carbonyl (C=O) groups excluding carboxylic acids is 1. The molecular formula is C12H14N2O2. The molecule has 0 heterocycles. The van der Waals surface area contributed by atoms with E-state index < -0.39 is 6.03 Å². The van der Waals surface area contributed by atoms with Crippen LogP contribution < -0.4 is 11.1 Å². The van der Waals surface area contributed by atoms with Gasteiger partial charge >= 0.3 is 6.03 Å². The average molecular weight is 218 g/mol. The first-order valence-corrected chi connectivity index (χ1v) is 4.89. The summed E-state index contributed by atoms with van der Waals surface area (Å²) in [5.74, 6) is 5.36. The molecule has 0 radical (unpaired) electrons. The molecular weight excluding hydrogens is 204 g/mol. The predicted molar refractivity (Wildman–Crippen MR) is 61.5 cm³/mol. The van der Waals surface area contributed by atoms with E-state index in [1.54, 1.807) is 0 Å². The van der Waals surface area contributed by atoms with E-state index in [4.69, 9.17) is 10.8 Å². The van der Waals surface area contributed by atoms with E-state index >= 15 is 0 Å². The summed E-state index contributed by atoms with van der Waals surface area (Å²) in [5, 5.41) is 11.2. The Hall–Kier alpha value is -1.99. The molecule has 1 aromatic carbocycles. The third-order valence-electron chi connectivity index (χ3n) is 2.06. The summed E-state index contributed by atoms with van der Waals surface area (Å²) in [5.41, 5.74) is 6.75. The average Bonchev–Trinajstić information content (AvgIpc) is 2.26. The van der Waals surface area contributed by atoms with Crippen LogP contribution in [0.5, 0.6) is 0 Å². The second-order valence-electron chi connectivity index (χ2n) is 3.32. The van der Waals surface area contributed by atoms with Crippen LogP contribution >= 0.6 is 0 Å². The molecule has 0 saturated carbocycles. The smallest absolute Gasteiger partial charge is 0.312 e. The van der Waals surface area contributed by atoms with Crippen LogP contribution in [0.1, 0.15) is 24.1 Å². The highest BCUT2D eigenvalue weighted by molar-refractivity contribution is 5.72. The number of primary amides is 1. The second-order valence-corrected chi connectivity index (χ2v) is 3.32. The molecule has 2 amide bonds. The van der Waals surface area contributed by atoms with Crippen molar-refractivity contribution in [3.05, 3.63) is 35.4 Å². The van der Waals surface area contributed by atoms with Gasteiger partial charge in [0.1, 0.15) is 6.61 Å². The fourth-order valence-corrected chi connectivity index (χ4v) is 1.32. The molecule has 0 spiro atoms. The Kier molecular flexibility index (Phi) is 4.37. The number of aliphatic hydroxyl groups is 1. The minimum absolute atomic E-state index is 0.159. The number of amides is 2. The Bertz CT molecular complexity index is 432. The molecule has 4 nitrogen and oxygen atoms in total. The Morgan fingerprint density at radius 3 is 3.00 bits per heavy atom. The molecule has 0 aliphatic heterocycles. The molecule has 4 heteroatoms. The van der Waals surface area contributed by atoms with Gasteiger partial charge in [-0.3, -0.25) is 0 Å². The van der Waals surface area contributed by atoms with Crippen molar-refractivity contribution >= 4 is 6.03 Å². The zero-order chi connectivity index (χ0) is 12.0. The lowest BCUT2D eigenvalue weighted by Gasteiger charge is -2.12. The van der Waals surface area contributed by atoms with Crippen LogP contribution in [-0.4, -0.2) is 17.7 Å². The third kappa shape index (κ3) is 3.64. The van der Waals surface area contributed by atoms with E-state index in [1.807, 2.05) is 31.2 Å². The molecule has 0 aliphatic carbocycles. The van der Waals surface area contributed by atoms with Crippen molar-refractivity contribution in [1.29, 1.82) is 0 Å². The number of nitrogens with one attached hydrogen (secondary N) is 1. The molecule has 0 aliphatic rings. The zero-order valence-corrected chi connectivity index (χ0v) is 9.03. The van der Waals surface area contributed by atoms with Gasteiger partial charge in [0.25, 0.3) is 0 Å². The van der Waals surface area contributed by atoms with Crippen molar-refractivity contribution in [3.8, 4) is 11.8 Å². The topological polar surface area (TPSA) is 75.3 Å². The molecule has 0 bridgehead atoms. The molecule has 1 aromatic rings. The van der Waals surface area contributed by atoms with Gasteiger partial charge in [-0.25, -0.2) is 4.79 Å². The molecule has 4 N–H and O–H groups in total. The summed E-state index contributed by atoms with van der Waals surface area (Å²) in [6.07, 6.45) is 0. The van der Waals surface area contributed by atoms with Gasteiger partial charge in [0.05, 0.1) is 6.04 Å². The van der Waals surface area contributed by atoms with E-state index in [9.17, 15) is 4.79 Å². The minimum atomic E-state index is -0.556. The quantitative estimate of drug-likeness (QED) is 0.641. The second kappa shape index (κ2) is 5.79. The van der Waals surface area contributed by atoms with E-state index in [0.29, 0.717) is 0 Å². The highest BCUT2D eigenvalue weighted by Gasteiger charge is 2.06. The van der Waals surface area contributed by atoms with Gasteiger partial charge in [0, 0.05) is 5.56 Å². The minimum Gasteiger partial charge on any atom is -0.384 e. The molecule has 0 fully saturated rings. The van der Waals surface area contributed by atoms with E-state index in [-0.39, 0.29) is 12.6 Å². The maximum atomic E-state index is 10.7. The van der Waals surface area contributed by atoms with Crippen molar-refractivity contribution in [2.75, 3.05) is 6.61 Å². The van der Waals surface area contributed by atoms with Gasteiger partial charge in [-0.05, 0) is 24.6 Å². The van der Waals surface area contributed by atoms with Crippen LogP contribution in [0.3, 0.4) is 0 Å². The van der Waals surface area contributed by atoms with Crippen molar-refractivity contribution in [2.45, 2.75) is 13.0 Å². The third-order valence-corrected chi connectivity index (χ3v) is 2.06. The molecule has 0 aromatic heterocycles. The number of carbonyl (C=O) groups is 1. The Morgan fingerprint density at radius 2 is 2.38 bits per heavy atom. The summed E-state index contributed by atoms with van der Waals surface area (Å²) in [7, 11) is 0. The van der Waals surface area contributed by atoms with Crippen LogP contribution in [0.2, 0.25) is 0 Å². The fourth-order valence-electron chi connectivity index (χ4n) is 1.32. The summed E-state index contributed by atoms with van der Waals surface area (Å²) in [4.78, 5) is 10.7. The molecule has 84 valence electrons. The lowest BCUT2D eigenvalue weighted by Crippen LogP contribution is -2.31. The first-order chi connectivity index (χ1) is 7.63. The molecule has 1 unspecified atom stereocenters. The van der Waals surface area contributed by atoms with Crippen LogP contribution in [0, 0.1) is 11.8 Å². The Morgan fingerprint density at radius 1 is 1.62 bits per heavy atom. The number of hydrogen-bond donors (Lipinski definition) is 3. The van der Waals surface area contributed by atoms with Gasteiger partial charge in [-0.1, -0.05) is 24.0 Å². The monoisotopic (exact) mass is 218 g/mol. The van der Waals surface area contributed by atoms with E-state index in [0.717, 1.165) is 11.1 Å². The van der Waals surface area contributed by atoms with Gasteiger partial charge in [0.15, 0.2) is 0 Å². The number of urea groups is 1. The molecule has 1 rings (SSSR count). The van der Waals surface area contributed by atoms with Crippen LogP contribution in [0.15, 0.2) is 24.3 Å². The normalized spacial score (nSPS) is 11.1. The SMILES string of the molecule is CC(NC(N)=O)c1cccc(C#CCO)c1. The first kappa shape index (κ1) is 12.1. The Labute approximate surface area is 94.5 Å². The lowest BCUT2D eigenvalue weighted by atomic mass is 10.1. The maximum Gasteiger partial charge on any atom is 0.312 e. The van der Waals surface area contributed by atoms with Crippen molar-refractivity contribution in [3.63, 3.8) is 0 Å². The molecule has 16 heavy (non-hydrogen) atoms. The first-order valence-electron chi connectivity index (χ1n) is 4.89. The van der Waals surface area contributed by atoms with Crippen molar-refractivity contribution < 1.29 is 9.90 Å². The van der Waals surface area contributed by atoms with Crippen LogP contribution in [-0.2, 0) is 0 Å². The fraction of sp³-hybridized carbons (Fsp3) is 0.250. The number of hydrogen-bond acceptors (Lipinski definition) is 2. The van der Waals surface area contributed by atoms with Gasteiger partial charge in [0.2, 0.25) is 0 Å². The maximum absolute atomic E-state index is 10.7. The predicted octanol–water partition coefficient (Wildman–Crippen LogP) is 0.760. The summed E-state index contributed by atoms with van der Waals surface area (Å²) in [6, 6.07) is 6.69. The van der Waals surface area contributed by atoms with Crippen LogP contribution in [0.25, 0.3) is 0 Å². The number of nitrogens with two attached hydrogens (primary N) is 1. The van der Waals surface area contributed by atoms with Gasteiger partial charge < -0.3 is 16.2 Å². The summed E-state index contributed by atoms with van der Waals surface area (Å²) >= 11 is 0. The number of rotatable bonds is 2.